The van der Waals surface area contributed by atoms with Gasteiger partial charge in [0.2, 0.25) is 5.91 Å². The number of hydrogen-bond donors (Lipinski definition) is 1. The highest BCUT2D eigenvalue weighted by Crippen LogP contribution is 2.38. The maximum Gasteiger partial charge on any atom is 0.269 e. The number of aliphatic imine (C=N–C) groups is 1. The zero-order valence-electron chi connectivity index (χ0n) is 26.3. The van der Waals surface area contributed by atoms with Gasteiger partial charge in [0.05, 0.1) is 23.3 Å². The number of aliphatic hydroxyl groups is 1. The third-order valence-corrected chi connectivity index (χ3v) is 9.22. The number of amides is 3. The van der Waals surface area contributed by atoms with Crippen LogP contribution in [0.5, 0.6) is 0 Å². The SMILES string of the molecule is CC(=O)N([C@@H](Cc1ccccc1)C(O)C1=NCC(C)(C)S1)N1C(=O)C(C(C)C)N(C(=O)c2ccccc2)C=C1c1ccccc1. The second kappa shape index (κ2) is 13.4. The molecule has 3 atom stereocenters. The average Bonchev–Trinajstić information content (AvgIpc) is 3.40. The van der Waals surface area contributed by atoms with Crippen molar-refractivity contribution in [1.82, 2.24) is 14.9 Å². The van der Waals surface area contributed by atoms with E-state index in [-0.39, 0.29) is 23.0 Å². The number of hydrogen-bond acceptors (Lipinski definition) is 6. The van der Waals surface area contributed by atoms with E-state index in [4.69, 9.17) is 0 Å². The Balaban J connectivity index is 1.68. The van der Waals surface area contributed by atoms with Crippen LogP contribution in [0.4, 0.5) is 0 Å². The number of aliphatic hydroxyl groups excluding tert-OH is 1. The van der Waals surface area contributed by atoms with Gasteiger partial charge in [-0.1, -0.05) is 92.7 Å². The van der Waals surface area contributed by atoms with Crippen LogP contribution in [0.3, 0.4) is 0 Å². The minimum atomic E-state index is -1.16. The first-order valence-electron chi connectivity index (χ1n) is 15.2. The van der Waals surface area contributed by atoms with Crippen molar-refractivity contribution in [2.24, 2.45) is 10.9 Å². The summed E-state index contributed by atoms with van der Waals surface area (Å²) in [5.74, 6) is -1.45. The van der Waals surface area contributed by atoms with E-state index < -0.39 is 30.0 Å². The minimum absolute atomic E-state index is 0.203. The van der Waals surface area contributed by atoms with Crippen LogP contribution in [0.15, 0.2) is 102 Å². The van der Waals surface area contributed by atoms with Crippen LogP contribution in [0.25, 0.3) is 5.70 Å². The second-order valence-corrected chi connectivity index (χ2v) is 14.1. The molecule has 5 rings (SSSR count). The molecular formula is C36H40N4O4S. The average molecular weight is 625 g/mol. The third-order valence-electron chi connectivity index (χ3n) is 7.96. The van der Waals surface area contributed by atoms with Gasteiger partial charge in [-0.3, -0.25) is 24.3 Å². The first-order valence-corrected chi connectivity index (χ1v) is 16.0. The van der Waals surface area contributed by atoms with Gasteiger partial charge in [-0.25, -0.2) is 10.0 Å². The summed E-state index contributed by atoms with van der Waals surface area (Å²) >= 11 is 1.49. The van der Waals surface area contributed by atoms with Gasteiger partial charge in [0.15, 0.2) is 0 Å². The lowest BCUT2D eigenvalue weighted by Crippen LogP contribution is -2.64. The Morgan fingerprint density at radius 1 is 0.978 bits per heavy atom. The van der Waals surface area contributed by atoms with Gasteiger partial charge >= 0.3 is 0 Å². The molecule has 2 heterocycles. The molecule has 45 heavy (non-hydrogen) atoms. The molecule has 0 bridgehead atoms. The molecule has 1 N–H and O–H groups in total. The summed E-state index contributed by atoms with van der Waals surface area (Å²) in [7, 11) is 0. The minimum Gasteiger partial charge on any atom is -0.384 e. The van der Waals surface area contributed by atoms with E-state index >= 15 is 0 Å². The topological polar surface area (TPSA) is 93.5 Å². The first kappa shape index (κ1) is 32.2. The van der Waals surface area contributed by atoms with Crippen LogP contribution in [0.1, 0.15) is 56.1 Å². The number of thioether (sulfide) groups is 1. The van der Waals surface area contributed by atoms with E-state index in [2.05, 4.69) is 18.8 Å². The summed E-state index contributed by atoms with van der Waals surface area (Å²) in [4.78, 5) is 48.7. The first-order chi connectivity index (χ1) is 21.5. The van der Waals surface area contributed by atoms with Gasteiger partial charge in [0.25, 0.3) is 11.8 Å². The standard InChI is InChI=1S/C36H40N4O4S/c1-24(2)31-35(44)40(30(27-17-11-7-12-18-27)22-38(31)34(43)28-19-13-8-14-20-28)39(25(3)41)29(21-26-15-9-6-10-16-26)32(42)33-37-23-36(4,5)45-33/h6-20,22,24,29,31-32,42H,21,23H2,1-5H3/t29-,31?,32?/m0/s1. The van der Waals surface area contributed by atoms with Crippen LogP contribution in [-0.4, -0.2) is 72.3 Å². The summed E-state index contributed by atoms with van der Waals surface area (Å²) in [5.41, 5.74) is 2.36. The second-order valence-electron chi connectivity index (χ2n) is 12.4. The molecule has 0 spiro atoms. The zero-order valence-corrected chi connectivity index (χ0v) is 27.1. The maximum absolute atomic E-state index is 14.8. The van der Waals surface area contributed by atoms with Gasteiger partial charge in [-0.05, 0) is 43.9 Å². The quantitative estimate of drug-likeness (QED) is 0.332. The highest BCUT2D eigenvalue weighted by molar-refractivity contribution is 8.15. The monoisotopic (exact) mass is 624 g/mol. The van der Waals surface area contributed by atoms with E-state index in [1.165, 1.54) is 33.6 Å². The number of nitrogens with zero attached hydrogens (tertiary/aromatic N) is 4. The lowest BCUT2D eigenvalue weighted by atomic mass is 9.96. The van der Waals surface area contributed by atoms with Crippen molar-refractivity contribution < 1.29 is 19.5 Å². The maximum atomic E-state index is 14.8. The van der Waals surface area contributed by atoms with Gasteiger partial charge in [0.1, 0.15) is 12.1 Å². The van der Waals surface area contributed by atoms with Crippen molar-refractivity contribution in [2.75, 3.05) is 6.54 Å². The third kappa shape index (κ3) is 6.89. The Bertz CT molecular complexity index is 1590. The highest BCUT2D eigenvalue weighted by Gasteiger charge is 2.47. The molecule has 3 amide bonds. The molecule has 3 aromatic carbocycles. The van der Waals surface area contributed by atoms with E-state index in [1.54, 1.807) is 30.5 Å². The normalized spacial score (nSPS) is 19.2. The zero-order chi connectivity index (χ0) is 32.3. The molecule has 234 valence electrons. The summed E-state index contributed by atoms with van der Waals surface area (Å²) in [6, 6.07) is 25.9. The van der Waals surface area contributed by atoms with Gasteiger partial charge in [0, 0.05) is 29.0 Å². The van der Waals surface area contributed by atoms with Crippen molar-refractivity contribution in [3.63, 3.8) is 0 Å². The number of hydrazine groups is 1. The Morgan fingerprint density at radius 2 is 1.56 bits per heavy atom. The number of carbonyl (C=O) groups is 3. The molecule has 0 aromatic heterocycles. The fourth-order valence-corrected chi connectivity index (χ4v) is 6.93. The molecular weight excluding hydrogens is 584 g/mol. The van der Waals surface area contributed by atoms with Crippen molar-refractivity contribution in [3.05, 3.63) is 114 Å². The Hall–Kier alpha value is -4.21. The van der Waals surface area contributed by atoms with Crippen LogP contribution in [0, 0.1) is 5.92 Å². The van der Waals surface area contributed by atoms with Crippen molar-refractivity contribution in [2.45, 2.75) is 64.0 Å². The van der Waals surface area contributed by atoms with E-state index in [1.807, 2.05) is 80.6 Å². The molecule has 0 saturated carbocycles. The summed E-state index contributed by atoms with van der Waals surface area (Å²) in [6.45, 7) is 9.82. The molecule has 0 aliphatic carbocycles. The molecule has 0 saturated heterocycles. The van der Waals surface area contributed by atoms with Crippen molar-refractivity contribution in [1.29, 1.82) is 0 Å². The predicted octanol–water partition coefficient (Wildman–Crippen LogP) is 5.65. The molecule has 2 aliphatic heterocycles. The Kier molecular flexibility index (Phi) is 9.60. The van der Waals surface area contributed by atoms with Crippen LogP contribution in [-0.2, 0) is 16.0 Å². The van der Waals surface area contributed by atoms with Crippen LogP contribution in [0.2, 0.25) is 0 Å². The lowest BCUT2D eigenvalue weighted by Gasteiger charge is -2.48. The Labute approximate surface area is 269 Å². The van der Waals surface area contributed by atoms with Gasteiger partial charge in [-0.15, -0.1) is 11.8 Å². The molecule has 9 heteroatoms. The summed E-state index contributed by atoms with van der Waals surface area (Å²) in [6.07, 6.45) is 0.780. The van der Waals surface area contributed by atoms with E-state index in [0.29, 0.717) is 28.4 Å². The number of benzene rings is 3. The summed E-state index contributed by atoms with van der Waals surface area (Å²) in [5, 5.41) is 15.3. The molecule has 2 aliphatic rings. The van der Waals surface area contributed by atoms with E-state index in [0.717, 1.165) is 5.56 Å². The van der Waals surface area contributed by atoms with E-state index in [9.17, 15) is 19.5 Å². The lowest BCUT2D eigenvalue weighted by molar-refractivity contribution is -0.167. The molecule has 2 unspecified atom stereocenters. The smallest absolute Gasteiger partial charge is 0.269 e. The molecule has 8 nitrogen and oxygen atoms in total. The van der Waals surface area contributed by atoms with Gasteiger partial charge < -0.3 is 5.11 Å². The summed E-state index contributed by atoms with van der Waals surface area (Å²) < 4.78 is -0.203. The van der Waals surface area contributed by atoms with Crippen molar-refractivity contribution >= 4 is 40.2 Å². The van der Waals surface area contributed by atoms with Crippen LogP contribution >= 0.6 is 11.8 Å². The Morgan fingerprint density at radius 3 is 2.09 bits per heavy atom. The highest BCUT2D eigenvalue weighted by atomic mass is 32.2. The predicted molar refractivity (Wildman–Crippen MR) is 179 cm³/mol. The number of carbonyl (C=O) groups excluding carboxylic acids is 3. The largest absolute Gasteiger partial charge is 0.384 e. The number of rotatable bonds is 9. The van der Waals surface area contributed by atoms with Crippen LogP contribution < -0.4 is 0 Å². The fourth-order valence-electron chi connectivity index (χ4n) is 5.82. The molecule has 3 aromatic rings. The van der Waals surface area contributed by atoms with Crippen molar-refractivity contribution in [3.8, 4) is 0 Å². The molecule has 0 fully saturated rings. The molecule has 0 radical (unpaired) electrons. The van der Waals surface area contributed by atoms with Gasteiger partial charge in [-0.2, -0.15) is 0 Å². The fraction of sp³-hybridized carbons (Fsp3) is 0.333.